The molecule has 0 radical (unpaired) electrons. The van der Waals surface area contributed by atoms with Crippen molar-refractivity contribution >= 4 is 11.0 Å². The average Bonchev–Trinajstić information content (AvgIpc) is 1.57. The van der Waals surface area contributed by atoms with Gasteiger partial charge in [-0.05, 0) is 0 Å². The standard InChI is InChI=1S/C5H9F2NOS/c1-10(9)8-4-2-5(6,7)3-4/h4,8H,2-3H2,1H3. The van der Waals surface area contributed by atoms with Crippen molar-refractivity contribution in [2.75, 3.05) is 6.26 Å². The Hall–Kier alpha value is -0.0300. The van der Waals surface area contributed by atoms with E-state index < -0.39 is 16.9 Å². The Morgan fingerprint density at radius 2 is 2.10 bits per heavy atom. The van der Waals surface area contributed by atoms with Gasteiger partial charge in [0.1, 0.15) is 0 Å². The Morgan fingerprint density at radius 1 is 1.60 bits per heavy atom. The van der Waals surface area contributed by atoms with Gasteiger partial charge in [0.25, 0.3) is 5.92 Å². The molecule has 0 heterocycles. The van der Waals surface area contributed by atoms with Gasteiger partial charge in [0.15, 0.2) is 0 Å². The van der Waals surface area contributed by atoms with Gasteiger partial charge in [-0.1, -0.05) is 0 Å². The third kappa shape index (κ3) is 1.98. The summed E-state index contributed by atoms with van der Waals surface area (Å²) in [6.45, 7) is 0. The number of hydrogen-bond donors (Lipinski definition) is 1. The van der Waals surface area contributed by atoms with Crippen molar-refractivity contribution in [3.8, 4) is 0 Å². The second-order valence-electron chi connectivity index (χ2n) is 2.53. The highest BCUT2D eigenvalue weighted by atomic mass is 32.2. The molecule has 1 aliphatic rings. The van der Waals surface area contributed by atoms with Crippen LogP contribution in [0.5, 0.6) is 0 Å². The molecule has 1 N–H and O–H groups in total. The highest BCUT2D eigenvalue weighted by molar-refractivity contribution is 7.82. The van der Waals surface area contributed by atoms with Crippen LogP contribution >= 0.6 is 0 Å². The van der Waals surface area contributed by atoms with E-state index in [-0.39, 0.29) is 18.9 Å². The van der Waals surface area contributed by atoms with E-state index in [0.717, 1.165) is 0 Å². The lowest BCUT2D eigenvalue weighted by Crippen LogP contribution is -2.48. The van der Waals surface area contributed by atoms with E-state index in [0.29, 0.717) is 0 Å². The van der Waals surface area contributed by atoms with Gasteiger partial charge in [-0.2, -0.15) is 0 Å². The zero-order valence-corrected chi connectivity index (χ0v) is 6.38. The molecule has 0 aromatic rings. The minimum Gasteiger partial charge on any atom is -0.243 e. The lowest BCUT2D eigenvalue weighted by Gasteiger charge is -2.34. The van der Waals surface area contributed by atoms with Gasteiger partial charge in [0.2, 0.25) is 0 Å². The fourth-order valence-corrected chi connectivity index (χ4v) is 1.62. The van der Waals surface area contributed by atoms with Crippen molar-refractivity contribution in [1.29, 1.82) is 0 Å². The van der Waals surface area contributed by atoms with Gasteiger partial charge in [0.05, 0.1) is 11.0 Å². The van der Waals surface area contributed by atoms with Crippen molar-refractivity contribution in [3.05, 3.63) is 0 Å². The summed E-state index contributed by atoms with van der Waals surface area (Å²) in [5.74, 6) is -2.52. The van der Waals surface area contributed by atoms with Crippen LogP contribution in [-0.2, 0) is 11.0 Å². The van der Waals surface area contributed by atoms with Gasteiger partial charge >= 0.3 is 0 Å². The average molecular weight is 169 g/mol. The molecule has 5 heteroatoms. The Kier molecular flexibility index (Phi) is 2.05. The van der Waals surface area contributed by atoms with E-state index in [9.17, 15) is 13.0 Å². The monoisotopic (exact) mass is 169 g/mol. The molecule has 1 unspecified atom stereocenters. The van der Waals surface area contributed by atoms with Crippen LogP contribution < -0.4 is 4.72 Å². The smallest absolute Gasteiger partial charge is 0.243 e. The molecule has 0 spiro atoms. The molecule has 1 fully saturated rings. The summed E-state index contributed by atoms with van der Waals surface area (Å²) in [5, 5.41) is 0. The first kappa shape index (κ1) is 8.07. The maximum absolute atomic E-state index is 12.1. The van der Waals surface area contributed by atoms with Crippen molar-refractivity contribution < 1.29 is 13.0 Å². The lowest BCUT2D eigenvalue weighted by molar-refractivity contribution is -0.0874. The van der Waals surface area contributed by atoms with Crippen molar-refractivity contribution in [2.24, 2.45) is 0 Å². The number of hydrogen-bond acceptors (Lipinski definition) is 1. The Morgan fingerprint density at radius 3 is 2.40 bits per heavy atom. The summed E-state index contributed by atoms with van der Waals surface area (Å²) in [6.07, 6.45) is 1.09. The Balaban J connectivity index is 2.21. The molecule has 0 bridgehead atoms. The topological polar surface area (TPSA) is 29.1 Å². The molecule has 10 heavy (non-hydrogen) atoms. The van der Waals surface area contributed by atoms with Crippen LogP contribution in [0.2, 0.25) is 0 Å². The molecule has 1 saturated carbocycles. The first-order valence-electron chi connectivity index (χ1n) is 2.97. The minimum absolute atomic E-state index is 0.174. The number of rotatable bonds is 2. The van der Waals surface area contributed by atoms with Crippen LogP contribution in [0.25, 0.3) is 0 Å². The second kappa shape index (κ2) is 2.54. The molecule has 0 amide bonds. The minimum atomic E-state index is -2.52. The molecule has 0 aliphatic heterocycles. The quantitative estimate of drug-likeness (QED) is 0.646. The van der Waals surface area contributed by atoms with E-state index in [2.05, 4.69) is 4.72 Å². The van der Waals surface area contributed by atoms with Crippen molar-refractivity contribution in [2.45, 2.75) is 24.8 Å². The van der Waals surface area contributed by atoms with Gasteiger partial charge < -0.3 is 0 Å². The molecular formula is C5H9F2NOS. The molecule has 0 saturated heterocycles. The molecule has 2 nitrogen and oxygen atoms in total. The summed E-state index contributed by atoms with van der Waals surface area (Å²) in [5.41, 5.74) is 0. The van der Waals surface area contributed by atoms with E-state index in [4.69, 9.17) is 0 Å². The molecule has 0 aromatic heterocycles. The molecule has 1 rings (SSSR count). The third-order valence-corrected chi connectivity index (χ3v) is 2.09. The molecule has 1 aliphatic carbocycles. The summed E-state index contributed by atoms with van der Waals surface area (Å²) < 4.78 is 37.1. The van der Waals surface area contributed by atoms with E-state index >= 15 is 0 Å². The summed E-state index contributed by atoms with van der Waals surface area (Å²) in [7, 11) is -1.16. The Bertz CT molecular complexity index is 154. The van der Waals surface area contributed by atoms with Gasteiger partial charge in [-0.15, -0.1) is 0 Å². The predicted octanol–water partition coefficient (Wildman–Crippen LogP) is 0.667. The highest BCUT2D eigenvalue weighted by Gasteiger charge is 2.45. The van der Waals surface area contributed by atoms with Gasteiger partial charge in [-0.25, -0.2) is 17.7 Å². The SMILES string of the molecule is CS(=O)NC1CC(F)(F)C1. The van der Waals surface area contributed by atoms with Crippen molar-refractivity contribution in [3.63, 3.8) is 0 Å². The van der Waals surface area contributed by atoms with Crippen LogP contribution in [0.1, 0.15) is 12.8 Å². The zero-order valence-electron chi connectivity index (χ0n) is 5.56. The normalized spacial score (nSPS) is 27.5. The maximum Gasteiger partial charge on any atom is 0.251 e. The summed E-state index contributed by atoms with van der Waals surface area (Å²) in [6, 6.07) is -0.249. The largest absolute Gasteiger partial charge is 0.251 e. The van der Waals surface area contributed by atoms with E-state index in [1.54, 1.807) is 0 Å². The lowest BCUT2D eigenvalue weighted by atomic mass is 9.89. The number of nitrogens with one attached hydrogen (secondary N) is 1. The number of halogens is 2. The maximum atomic E-state index is 12.1. The van der Waals surface area contributed by atoms with Crippen LogP contribution in [0.15, 0.2) is 0 Å². The third-order valence-electron chi connectivity index (χ3n) is 1.42. The fourth-order valence-electron chi connectivity index (χ4n) is 0.979. The van der Waals surface area contributed by atoms with E-state index in [1.165, 1.54) is 6.26 Å². The first-order valence-corrected chi connectivity index (χ1v) is 4.53. The zero-order chi connectivity index (χ0) is 7.78. The number of alkyl halides is 2. The summed E-state index contributed by atoms with van der Waals surface area (Å²) in [4.78, 5) is 0. The molecule has 60 valence electrons. The van der Waals surface area contributed by atoms with Gasteiger partial charge in [-0.3, -0.25) is 0 Å². The van der Waals surface area contributed by atoms with Crippen LogP contribution in [-0.4, -0.2) is 22.4 Å². The van der Waals surface area contributed by atoms with Crippen LogP contribution in [0.3, 0.4) is 0 Å². The molecule has 0 aromatic carbocycles. The van der Waals surface area contributed by atoms with Crippen LogP contribution in [0.4, 0.5) is 8.78 Å². The summed E-state index contributed by atoms with van der Waals surface area (Å²) >= 11 is 0. The second-order valence-corrected chi connectivity index (χ2v) is 3.68. The molecule has 1 atom stereocenters. The molecular weight excluding hydrogens is 160 g/mol. The van der Waals surface area contributed by atoms with Gasteiger partial charge in [0, 0.05) is 25.1 Å². The Labute approximate surface area is 60.6 Å². The van der Waals surface area contributed by atoms with E-state index in [1.807, 2.05) is 0 Å². The van der Waals surface area contributed by atoms with Crippen molar-refractivity contribution in [1.82, 2.24) is 4.72 Å². The predicted molar refractivity (Wildman–Crippen MR) is 35.2 cm³/mol. The fraction of sp³-hybridized carbons (Fsp3) is 1.00. The highest BCUT2D eigenvalue weighted by Crippen LogP contribution is 2.37. The first-order chi connectivity index (χ1) is 4.49. The van der Waals surface area contributed by atoms with Crippen LogP contribution in [0, 0.1) is 0 Å².